The molecule has 70 valence electrons. The Bertz CT molecular complexity index is 309. The van der Waals surface area contributed by atoms with Gasteiger partial charge >= 0.3 is 0 Å². The molecule has 2 rings (SSSR count). The molecule has 2 atom stereocenters. The van der Waals surface area contributed by atoms with Crippen LogP contribution in [0.1, 0.15) is 30.4 Å². The maximum absolute atomic E-state index is 5.82. The zero-order valence-electron chi connectivity index (χ0n) is 8.32. The summed E-state index contributed by atoms with van der Waals surface area (Å²) in [4.78, 5) is 2.10. The van der Waals surface area contributed by atoms with Crippen molar-refractivity contribution in [3.8, 4) is 0 Å². The van der Waals surface area contributed by atoms with E-state index >= 15 is 0 Å². The van der Waals surface area contributed by atoms with E-state index in [9.17, 15) is 0 Å². The molecule has 0 aromatic heterocycles. The van der Waals surface area contributed by atoms with Crippen molar-refractivity contribution in [3.05, 3.63) is 35.4 Å². The minimum absolute atomic E-state index is 0.131. The fourth-order valence-electron chi connectivity index (χ4n) is 1.85. The highest BCUT2D eigenvalue weighted by molar-refractivity contribution is 5.33. The summed E-state index contributed by atoms with van der Waals surface area (Å²) in [5.41, 5.74) is 2.63. The van der Waals surface area contributed by atoms with Crippen LogP contribution in [-0.2, 0) is 4.74 Å². The van der Waals surface area contributed by atoms with Crippen molar-refractivity contribution in [1.29, 1.82) is 0 Å². The molecule has 1 aliphatic heterocycles. The van der Waals surface area contributed by atoms with Gasteiger partial charge in [-0.05, 0) is 26.6 Å². The Morgan fingerprint density at radius 2 is 1.77 bits per heavy atom. The van der Waals surface area contributed by atoms with Gasteiger partial charge in [-0.2, -0.15) is 0 Å². The van der Waals surface area contributed by atoms with Gasteiger partial charge in [0.1, 0.15) is 6.23 Å². The van der Waals surface area contributed by atoms with Crippen LogP contribution in [0.4, 0.5) is 0 Å². The molecule has 0 aliphatic carbocycles. The third-order valence-corrected chi connectivity index (χ3v) is 2.50. The van der Waals surface area contributed by atoms with E-state index in [0.29, 0.717) is 0 Å². The van der Waals surface area contributed by atoms with Gasteiger partial charge in [0.25, 0.3) is 0 Å². The van der Waals surface area contributed by atoms with Crippen LogP contribution in [0.3, 0.4) is 0 Å². The lowest BCUT2D eigenvalue weighted by Crippen LogP contribution is -2.18. The molecule has 2 heteroatoms. The van der Waals surface area contributed by atoms with Crippen LogP contribution in [0.25, 0.3) is 0 Å². The Morgan fingerprint density at radius 3 is 2.38 bits per heavy atom. The van der Waals surface area contributed by atoms with E-state index in [4.69, 9.17) is 4.74 Å². The predicted molar refractivity (Wildman–Crippen MR) is 52.4 cm³/mol. The lowest BCUT2D eigenvalue weighted by Gasteiger charge is -2.19. The Morgan fingerprint density at radius 1 is 1.15 bits per heavy atom. The zero-order chi connectivity index (χ0) is 9.42. The summed E-state index contributed by atoms with van der Waals surface area (Å²) in [6.07, 6.45) is 0.356. The summed E-state index contributed by atoms with van der Waals surface area (Å²) in [5.74, 6) is 0. The van der Waals surface area contributed by atoms with Crippen molar-refractivity contribution in [2.24, 2.45) is 0 Å². The molecule has 0 saturated carbocycles. The van der Waals surface area contributed by atoms with E-state index in [2.05, 4.69) is 36.1 Å². The zero-order valence-corrected chi connectivity index (χ0v) is 8.32. The number of fused-ring (bicyclic) bond motifs is 1. The van der Waals surface area contributed by atoms with Gasteiger partial charge in [-0.15, -0.1) is 0 Å². The maximum Gasteiger partial charge on any atom is 0.137 e. The van der Waals surface area contributed by atoms with Gasteiger partial charge in [-0.25, -0.2) is 0 Å². The third-order valence-electron chi connectivity index (χ3n) is 2.50. The maximum atomic E-state index is 5.82. The molecular weight excluding hydrogens is 162 g/mol. The largest absolute Gasteiger partial charge is 0.351 e. The molecule has 13 heavy (non-hydrogen) atoms. The van der Waals surface area contributed by atoms with E-state index in [1.165, 1.54) is 11.1 Å². The van der Waals surface area contributed by atoms with E-state index in [1.807, 2.05) is 14.1 Å². The molecule has 2 unspecified atom stereocenters. The summed E-state index contributed by atoms with van der Waals surface area (Å²) < 4.78 is 5.82. The molecule has 0 spiro atoms. The first-order chi connectivity index (χ1) is 6.20. The Hall–Kier alpha value is -0.860. The molecule has 0 amide bonds. The first-order valence-electron chi connectivity index (χ1n) is 4.61. The molecule has 2 nitrogen and oxygen atoms in total. The second-order valence-electron chi connectivity index (χ2n) is 3.72. The molecule has 0 bridgehead atoms. The van der Waals surface area contributed by atoms with Gasteiger partial charge in [0.05, 0.1) is 6.10 Å². The van der Waals surface area contributed by atoms with Crippen LogP contribution in [0.2, 0.25) is 0 Å². The van der Waals surface area contributed by atoms with Crippen molar-refractivity contribution in [2.75, 3.05) is 14.1 Å². The van der Waals surface area contributed by atoms with Crippen molar-refractivity contribution in [1.82, 2.24) is 4.90 Å². The molecule has 1 aromatic carbocycles. The van der Waals surface area contributed by atoms with Crippen LogP contribution in [0, 0.1) is 0 Å². The fourth-order valence-corrected chi connectivity index (χ4v) is 1.85. The highest BCUT2D eigenvalue weighted by Crippen LogP contribution is 2.39. The number of hydrogen-bond donors (Lipinski definition) is 0. The van der Waals surface area contributed by atoms with Gasteiger partial charge in [-0.3, -0.25) is 4.90 Å². The van der Waals surface area contributed by atoms with Gasteiger partial charge in [0.15, 0.2) is 0 Å². The Balaban J connectivity index is 2.41. The highest BCUT2D eigenvalue weighted by Gasteiger charge is 2.29. The van der Waals surface area contributed by atoms with Crippen molar-refractivity contribution < 1.29 is 4.74 Å². The van der Waals surface area contributed by atoms with Crippen LogP contribution in [0.15, 0.2) is 24.3 Å². The molecule has 0 saturated heterocycles. The molecule has 0 radical (unpaired) electrons. The predicted octanol–water partition coefficient (Wildman–Crippen LogP) is 2.34. The topological polar surface area (TPSA) is 12.5 Å². The van der Waals surface area contributed by atoms with E-state index in [-0.39, 0.29) is 12.3 Å². The van der Waals surface area contributed by atoms with Crippen LogP contribution < -0.4 is 0 Å². The molecular formula is C11H15NO. The number of hydrogen-bond acceptors (Lipinski definition) is 2. The fraction of sp³-hybridized carbons (Fsp3) is 0.455. The molecule has 0 N–H and O–H groups in total. The standard InChI is InChI=1S/C11H15NO/c1-8-9-6-4-5-7-10(9)11(13-8)12(2)3/h4-8,11H,1-3H3. The van der Waals surface area contributed by atoms with Gasteiger partial charge in [0.2, 0.25) is 0 Å². The lowest BCUT2D eigenvalue weighted by atomic mass is 10.1. The summed E-state index contributed by atoms with van der Waals surface area (Å²) in [6.45, 7) is 2.10. The average Bonchev–Trinajstić information content (AvgIpc) is 2.45. The third kappa shape index (κ3) is 1.36. The quantitative estimate of drug-likeness (QED) is 0.652. The minimum Gasteiger partial charge on any atom is -0.351 e. The smallest absolute Gasteiger partial charge is 0.137 e. The number of nitrogens with zero attached hydrogens (tertiary/aromatic N) is 1. The van der Waals surface area contributed by atoms with Crippen LogP contribution in [-0.4, -0.2) is 19.0 Å². The molecule has 1 aromatic rings. The van der Waals surface area contributed by atoms with E-state index < -0.39 is 0 Å². The molecule has 1 aliphatic rings. The van der Waals surface area contributed by atoms with Gasteiger partial charge in [-0.1, -0.05) is 24.3 Å². The Labute approximate surface area is 79.1 Å². The number of ether oxygens (including phenoxy) is 1. The minimum atomic E-state index is 0.131. The van der Waals surface area contributed by atoms with Gasteiger partial charge in [0, 0.05) is 5.56 Å². The summed E-state index contributed by atoms with van der Waals surface area (Å²) in [6, 6.07) is 8.42. The monoisotopic (exact) mass is 177 g/mol. The number of benzene rings is 1. The lowest BCUT2D eigenvalue weighted by molar-refractivity contribution is -0.0563. The molecule has 0 fully saturated rings. The summed E-state index contributed by atoms with van der Waals surface area (Å²) in [7, 11) is 4.08. The average molecular weight is 177 g/mol. The van der Waals surface area contributed by atoms with Gasteiger partial charge < -0.3 is 4.74 Å². The summed E-state index contributed by atoms with van der Waals surface area (Å²) >= 11 is 0. The highest BCUT2D eigenvalue weighted by atomic mass is 16.5. The first-order valence-corrected chi connectivity index (χ1v) is 4.61. The summed E-state index contributed by atoms with van der Waals surface area (Å²) in [5, 5.41) is 0. The van der Waals surface area contributed by atoms with Crippen molar-refractivity contribution >= 4 is 0 Å². The van der Waals surface area contributed by atoms with Crippen LogP contribution in [0.5, 0.6) is 0 Å². The Kier molecular flexibility index (Phi) is 2.10. The normalized spacial score (nSPS) is 26.5. The van der Waals surface area contributed by atoms with E-state index in [0.717, 1.165) is 0 Å². The second kappa shape index (κ2) is 3.13. The van der Waals surface area contributed by atoms with E-state index in [1.54, 1.807) is 0 Å². The van der Waals surface area contributed by atoms with Crippen LogP contribution >= 0.6 is 0 Å². The molecule has 1 heterocycles. The first kappa shape index (κ1) is 8.73. The van der Waals surface area contributed by atoms with Crippen molar-refractivity contribution in [3.63, 3.8) is 0 Å². The second-order valence-corrected chi connectivity index (χ2v) is 3.72. The number of rotatable bonds is 1. The SMILES string of the molecule is CC1OC(N(C)C)c2ccccc21. The van der Waals surface area contributed by atoms with Crippen molar-refractivity contribution in [2.45, 2.75) is 19.3 Å².